The molecular formula is C14H16N4O3. The molecule has 7 heteroatoms. The van der Waals surface area contributed by atoms with E-state index in [4.69, 9.17) is 5.11 Å². The number of hydrogen-bond donors (Lipinski definition) is 3. The van der Waals surface area contributed by atoms with Crippen LogP contribution in [0.2, 0.25) is 0 Å². The van der Waals surface area contributed by atoms with Gasteiger partial charge in [0, 0.05) is 31.0 Å². The number of aromatic nitrogens is 2. The van der Waals surface area contributed by atoms with Crippen molar-refractivity contribution >= 4 is 17.7 Å². The van der Waals surface area contributed by atoms with Gasteiger partial charge in [-0.1, -0.05) is 6.07 Å². The summed E-state index contributed by atoms with van der Waals surface area (Å²) in [5, 5.41) is 18.4. The summed E-state index contributed by atoms with van der Waals surface area (Å²) in [5.74, 6) is -1.02. The van der Waals surface area contributed by atoms with Crippen LogP contribution in [0.3, 0.4) is 0 Å². The summed E-state index contributed by atoms with van der Waals surface area (Å²) in [6, 6.07) is 4.35. The average molecular weight is 288 g/mol. The Bertz CT molecular complexity index is 679. The van der Waals surface area contributed by atoms with Crippen molar-refractivity contribution in [1.29, 1.82) is 0 Å². The van der Waals surface area contributed by atoms with Crippen molar-refractivity contribution in [3.05, 3.63) is 47.3 Å². The van der Waals surface area contributed by atoms with Crippen molar-refractivity contribution in [2.45, 2.75) is 13.5 Å². The first-order valence-corrected chi connectivity index (χ1v) is 6.32. The lowest BCUT2D eigenvalue weighted by Gasteiger charge is -2.11. The van der Waals surface area contributed by atoms with Crippen LogP contribution in [0.1, 0.15) is 21.5 Å². The highest BCUT2D eigenvalue weighted by molar-refractivity contribution is 5.95. The van der Waals surface area contributed by atoms with Crippen molar-refractivity contribution in [1.82, 2.24) is 15.1 Å². The fourth-order valence-corrected chi connectivity index (χ4v) is 1.91. The SMILES string of the molecule is Cc1c(NC(=O)NCc2cnn(C)c2)cccc1C(=O)O. The molecule has 1 heterocycles. The van der Waals surface area contributed by atoms with Crippen molar-refractivity contribution in [3.63, 3.8) is 0 Å². The molecule has 1 aromatic carbocycles. The zero-order valence-corrected chi connectivity index (χ0v) is 11.8. The number of nitrogens with zero attached hydrogens (tertiary/aromatic N) is 2. The summed E-state index contributed by atoms with van der Waals surface area (Å²) >= 11 is 0. The fourth-order valence-electron chi connectivity index (χ4n) is 1.91. The predicted molar refractivity (Wildman–Crippen MR) is 77.2 cm³/mol. The third kappa shape index (κ3) is 3.59. The number of carbonyl (C=O) groups excluding carboxylic acids is 1. The minimum Gasteiger partial charge on any atom is -0.478 e. The molecule has 0 atom stereocenters. The zero-order chi connectivity index (χ0) is 15.4. The number of carboxylic acids is 1. The number of rotatable bonds is 4. The quantitative estimate of drug-likeness (QED) is 0.798. The molecule has 0 fully saturated rings. The Balaban J connectivity index is 1.99. The number of benzene rings is 1. The van der Waals surface area contributed by atoms with Gasteiger partial charge in [0.1, 0.15) is 0 Å². The Kier molecular flexibility index (Phi) is 4.22. The van der Waals surface area contributed by atoms with Gasteiger partial charge in [0.25, 0.3) is 0 Å². The van der Waals surface area contributed by atoms with Crippen LogP contribution in [0, 0.1) is 6.92 Å². The Labute approximate surface area is 121 Å². The van der Waals surface area contributed by atoms with Gasteiger partial charge in [-0.25, -0.2) is 9.59 Å². The maximum atomic E-state index is 11.8. The molecule has 2 amide bonds. The lowest BCUT2D eigenvalue weighted by molar-refractivity contribution is 0.0696. The van der Waals surface area contributed by atoms with Crippen LogP contribution in [0.25, 0.3) is 0 Å². The van der Waals surface area contributed by atoms with Crippen molar-refractivity contribution in [2.75, 3.05) is 5.32 Å². The second-order valence-corrected chi connectivity index (χ2v) is 4.61. The Morgan fingerprint density at radius 2 is 2.14 bits per heavy atom. The van der Waals surface area contributed by atoms with Gasteiger partial charge in [-0.05, 0) is 24.6 Å². The number of anilines is 1. The Morgan fingerprint density at radius 1 is 1.38 bits per heavy atom. The summed E-state index contributed by atoms with van der Waals surface area (Å²) in [6.45, 7) is 2.00. The zero-order valence-electron chi connectivity index (χ0n) is 11.8. The van der Waals surface area contributed by atoms with E-state index in [0.717, 1.165) is 5.56 Å². The van der Waals surface area contributed by atoms with Gasteiger partial charge in [0.15, 0.2) is 0 Å². The van der Waals surface area contributed by atoms with E-state index in [1.807, 2.05) is 0 Å². The van der Waals surface area contributed by atoms with Crippen LogP contribution in [0.4, 0.5) is 10.5 Å². The van der Waals surface area contributed by atoms with Gasteiger partial charge < -0.3 is 15.7 Å². The smallest absolute Gasteiger partial charge is 0.336 e. The minimum absolute atomic E-state index is 0.167. The number of aromatic carboxylic acids is 1. The van der Waals surface area contributed by atoms with E-state index in [1.165, 1.54) is 6.07 Å². The lowest BCUT2D eigenvalue weighted by Crippen LogP contribution is -2.28. The Hall–Kier alpha value is -2.83. The van der Waals surface area contributed by atoms with Crippen molar-refractivity contribution in [3.8, 4) is 0 Å². The molecule has 0 unspecified atom stereocenters. The minimum atomic E-state index is -1.02. The highest BCUT2D eigenvalue weighted by Crippen LogP contribution is 2.18. The normalized spacial score (nSPS) is 10.2. The van der Waals surface area contributed by atoms with E-state index < -0.39 is 12.0 Å². The number of nitrogens with one attached hydrogen (secondary N) is 2. The molecule has 0 aliphatic rings. The van der Waals surface area contributed by atoms with E-state index in [-0.39, 0.29) is 5.56 Å². The third-order valence-corrected chi connectivity index (χ3v) is 3.02. The van der Waals surface area contributed by atoms with Gasteiger partial charge in [-0.15, -0.1) is 0 Å². The number of amides is 2. The van der Waals surface area contributed by atoms with Gasteiger partial charge in [-0.2, -0.15) is 5.10 Å². The predicted octanol–water partition coefficient (Wildman–Crippen LogP) is 1.75. The lowest BCUT2D eigenvalue weighted by atomic mass is 10.1. The summed E-state index contributed by atoms with van der Waals surface area (Å²) < 4.78 is 1.65. The molecule has 2 aromatic rings. The molecular weight excluding hydrogens is 272 g/mol. The maximum Gasteiger partial charge on any atom is 0.336 e. The number of carbonyl (C=O) groups is 2. The Morgan fingerprint density at radius 3 is 2.76 bits per heavy atom. The van der Waals surface area contributed by atoms with E-state index in [9.17, 15) is 9.59 Å². The van der Waals surface area contributed by atoms with Gasteiger partial charge in [0.05, 0.1) is 11.8 Å². The van der Waals surface area contributed by atoms with Gasteiger partial charge in [0.2, 0.25) is 0 Å². The monoisotopic (exact) mass is 288 g/mol. The first-order chi connectivity index (χ1) is 9.97. The van der Waals surface area contributed by atoms with Crippen LogP contribution in [0.15, 0.2) is 30.6 Å². The molecule has 7 nitrogen and oxygen atoms in total. The molecule has 2 rings (SSSR count). The maximum absolute atomic E-state index is 11.8. The summed E-state index contributed by atoms with van der Waals surface area (Å²) in [4.78, 5) is 22.9. The van der Waals surface area contributed by atoms with Gasteiger partial charge in [-0.3, -0.25) is 4.68 Å². The van der Waals surface area contributed by atoms with Crippen LogP contribution in [0.5, 0.6) is 0 Å². The molecule has 110 valence electrons. The molecule has 21 heavy (non-hydrogen) atoms. The second-order valence-electron chi connectivity index (χ2n) is 4.61. The molecule has 0 radical (unpaired) electrons. The standard InChI is InChI=1S/C14H16N4O3/c1-9-11(13(19)20)4-3-5-12(9)17-14(21)15-6-10-7-16-18(2)8-10/h3-5,7-8H,6H2,1-2H3,(H,19,20)(H2,15,17,21). The molecule has 0 saturated carbocycles. The first kappa shape index (κ1) is 14.6. The summed E-state index contributed by atoms with van der Waals surface area (Å²) in [5.41, 5.74) is 2.03. The van der Waals surface area contributed by atoms with E-state index >= 15 is 0 Å². The second kappa shape index (κ2) is 6.08. The number of hydrogen-bond acceptors (Lipinski definition) is 3. The molecule has 3 N–H and O–H groups in total. The van der Waals surface area contributed by atoms with Crippen LogP contribution in [-0.4, -0.2) is 26.9 Å². The topological polar surface area (TPSA) is 96.3 Å². The highest BCUT2D eigenvalue weighted by atomic mass is 16.4. The van der Waals surface area contributed by atoms with Crippen molar-refractivity contribution in [2.24, 2.45) is 7.05 Å². The summed E-state index contributed by atoms with van der Waals surface area (Å²) in [7, 11) is 1.80. The van der Waals surface area contributed by atoms with Crippen LogP contribution >= 0.6 is 0 Å². The van der Waals surface area contributed by atoms with Gasteiger partial charge >= 0.3 is 12.0 Å². The fraction of sp³-hybridized carbons (Fsp3) is 0.214. The molecule has 0 aliphatic heterocycles. The molecule has 0 bridgehead atoms. The number of aryl methyl sites for hydroxylation is 1. The molecule has 0 spiro atoms. The molecule has 0 aliphatic carbocycles. The largest absolute Gasteiger partial charge is 0.478 e. The van der Waals surface area contributed by atoms with E-state index in [2.05, 4.69) is 15.7 Å². The number of urea groups is 1. The average Bonchev–Trinajstić information content (AvgIpc) is 2.84. The highest BCUT2D eigenvalue weighted by Gasteiger charge is 2.11. The molecule has 0 saturated heterocycles. The van der Waals surface area contributed by atoms with Crippen LogP contribution < -0.4 is 10.6 Å². The van der Waals surface area contributed by atoms with Crippen LogP contribution in [-0.2, 0) is 13.6 Å². The van der Waals surface area contributed by atoms with Crippen molar-refractivity contribution < 1.29 is 14.7 Å². The van der Waals surface area contributed by atoms with E-state index in [1.54, 1.807) is 43.2 Å². The molecule has 1 aromatic heterocycles. The first-order valence-electron chi connectivity index (χ1n) is 6.32. The third-order valence-electron chi connectivity index (χ3n) is 3.02. The van der Waals surface area contributed by atoms with E-state index in [0.29, 0.717) is 17.8 Å². The number of carboxylic acid groups (broad SMARTS) is 1. The summed E-state index contributed by atoms with van der Waals surface area (Å²) in [6.07, 6.45) is 3.47.